The number of fused-ring (bicyclic) bond motifs is 1. The number of unbranched alkanes of at least 4 members (excludes halogenated alkanes) is 1. The number of nitrogen functional groups attached to an aromatic ring is 1. The lowest BCUT2D eigenvalue weighted by Crippen LogP contribution is -2.46. The number of aliphatic hydroxyl groups excluding tert-OH is 2. The van der Waals surface area contributed by atoms with E-state index in [-0.39, 0.29) is 47.4 Å². The number of carbonyl (C=O) groups excluding carboxylic acids is 3. The second-order valence-corrected chi connectivity index (χ2v) is 18.0. The molecule has 28 heteroatoms. The van der Waals surface area contributed by atoms with E-state index in [4.69, 9.17) is 19.5 Å². The predicted octanol–water partition coefficient (Wildman–Crippen LogP) is 0.0244. The van der Waals surface area contributed by atoms with Crippen LogP contribution in [0.2, 0.25) is 0 Å². The first-order chi connectivity index (χ1) is 26.6. The number of nitrogens with one attached hydrogen (secondary N) is 2. The lowest BCUT2D eigenvalue weighted by Gasteiger charge is -2.30. The van der Waals surface area contributed by atoms with E-state index in [9.17, 15) is 57.9 Å². The number of allylic oxidation sites excluding steroid dienone is 2. The number of aliphatic hydroxyl groups is 2. The van der Waals surface area contributed by atoms with E-state index in [1.165, 1.54) is 13.8 Å². The number of anilines is 1. The van der Waals surface area contributed by atoms with Gasteiger partial charge in [-0.3, -0.25) is 32.5 Å². The molecule has 0 saturated carbocycles. The maximum Gasteiger partial charge on any atom is 0.481 e. The van der Waals surface area contributed by atoms with Crippen molar-refractivity contribution in [1.29, 1.82) is 0 Å². The van der Waals surface area contributed by atoms with Crippen LogP contribution in [-0.2, 0) is 50.7 Å². The van der Waals surface area contributed by atoms with Gasteiger partial charge in [0.05, 0.1) is 19.5 Å². The molecule has 1 aliphatic heterocycles. The van der Waals surface area contributed by atoms with Crippen molar-refractivity contribution >= 4 is 69.1 Å². The second-order valence-electron chi connectivity index (χ2n) is 12.7. The number of nitrogens with zero attached hydrogens (tertiary/aromatic N) is 4. The van der Waals surface area contributed by atoms with Gasteiger partial charge in [0.2, 0.25) is 11.8 Å². The number of carbonyl (C=O) groups is 3. The lowest BCUT2D eigenvalue weighted by molar-refractivity contribution is -0.137. The molecule has 3 rings (SSSR count). The number of phosphoric acid groups is 3. The fourth-order valence-electron chi connectivity index (χ4n) is 4.72. The minimum Gasteiger partial charge on any atom is -0.386 e. The molecule has 2 amide bonds. The first-order valence-corrected chi connectivity index (χ1v) is 22.3. The Balaban J connectivity index is 1.47. The maximum atomic E-state index is 12.7. The Morgan fingerprint density at radius 3 is 2.49 bits per heavy atom. The van der Waals surface area contributed by atoms with Crippen LogP contribution in [0.25, 0.3) is 11.2 Å². The summed E-state index contributed by atoms with van der Waals surface area (Å²) >= 11 is 0.927. The Hall–Kier alpha value is -3.14. The van der Waals surface area contributed by atoms with E-state index in [0.29, 0.717) is 0 Å². The minimum absolute atomic E-state index is 0.0281. The Kier molecular flexibility index (Phi) is 18.0. The summed E-state index contributed by atoms with van der Waals surface area (Å²) < 4.78 is 62.1. The SMILES string of the molecule is CCC/C=C/C#CC(=O)SCCNC(=O)CCNC(=O)C(O)C(C)(C)COP(=O)(O)OP(=O)(O)OC[C@H]1O[C@@H](n2cnc3c(N)ncnc32)[C@H](O)[C@@H]1OP(=O)(O)O. The molecule has 1 fully saturated rings. The average Bonchev–Trinajstić information content (AvgIpc) is 3.68. The zero-order valence-electron chi connectivity index (χ0n) is 30.6. The summed E-state index contributed by atoms with van der Waals surface area (Å²) in [6.07, 6.45) is -1.69. The van der Waals surface area contributed by atoms with Crippen molar-refractivity contribution in [2.75, 3.05) is 37.8 Å². The number of thioether (sulfide) groups is 1. The van der Waals surface area contributed by atoms with Gasteiger partial charge in [-0.25, -0.2) is 28.6 Å². The molecule has 24 nitrogen and oxygen atoms in total. The number of ether oxygens (including phenoxy) is 1. The third-order valence-corrected chi connectivity index (χ3v) is 11.4. The maximum absolute atomic E-state index is 12.7. The minimum atomic E-state index is -5.57. The van der Waals surface area contributed by atoms with E-state index >= 15 is 0 Å². The fourth-order valence-corrected chi connectivity index (χ4v) is 8.07. The lowest BCUT2D eigenvalue weighted by atomic mass is 9.87. The highest BCUT2D eigenvalue weighted by atomic mass is 32.2. The summed E-state index contributed by atoms with van der Waals surface area (Å²) in [5, 5.41) is 26.0. The second kappa shape index (κ2) is 21.2. The molecule has 7 atom stereocenters. The van der Waals surface area contributed by atoms with Crippen LogP contribution in [0, 0.1) is 17.3 Å². The summed E-state index contributed by atoms with van der Waals surface area (Å²) in [6.45, 7) is 2.41. The van der Waals surface area contributed by atoms with Gasteiger partial charge in [0.25, 0.3) is 5.12 Å². The summed E-state index contributed by atoms with van der Waals surface area (Å²) in [4.78, 5) is 87.3. The standard InChI is InChI=1S/C29H44N7O17P3S/c1-4-5-6-7-8-9-20(38)57-13-12-31-19(37)10-11-32-27(41)24(40)29(2,3)15-50-56(47,48)53-55(45,46)49-14-18-23(52-54(42,43)44)22(39)28(51-18)36-17-35-21-25(30)33-16-34-26(21)36/h6-7,16-18,22-24,28,39-40H,4-5,10-15H2,1-3H3,(H,31,37)(H,32,41)(H,45,46)(H,47,48)(H2,30,33,34)(H2,42,43,44)/b7-6+/t18-,22-,23-,24?,28-/m1/s1. The topological polar surface area (TPSA) is 364 Å². The Morgan fingerprint density at radius 1 is 1.11 bits per heavy atom. The van der Waals surface area contributed by atoms with Crippen LogP contribution in [0.15, 0.2) is 24.8 Å². The molecule has 1 saturated heterocycles. The average molecular weight is 888 g/mol. The number of nitrogens with two attached hydrogens (primary N) is 1. The van der Waals surface area contributed by atoms with Crippen molar-refractivity contribution in [3.63, 3.8) is 0 Å². The van der Waals surface area contributed by atoms with Gasteiger partial charge in [-0.2, -0.15) is 4.31 Å². The van der Waals surface area contributed by atoms with Crippen LogP contribution in [0.1, 0.15) is 46.3 Å². The molecule has 0 bridgehead atoms. The van der Waals surface area contributed by atoms with Crippen molar-refractivity contribution in [3.8, 4) is 11.8 Å². The first kappa shape index (κ1) is 48.2. The van der Waals surface area contributed by atoms with Gasteiger partial charge in [0, 0.05) is 30.7 Å². The molecule has 0 spiro atoms. The molecule has 3 unspecified atom stereocenters. The van der Waals surface area contributed by atoms with Crippen LogP contribution in [0.4, 0.5) is 5.82 Å². The molecule has 10 N–H and O–H groups in total. The van der Waals surface area contributed by atoms with Crippen LogP contribution < -0.4 is 16.4 Å². The number of hydrogen-bond acceptors (Lipinski definition) is 18. The molecule has 0 aliphatic carbocycles. The highest BCUT2D eigenvalue weighted by Crippen LogP contribution is 2.61. The molecule has 318 valence electrons. The van der Waals surface area contributed by atoms with Gasteiger partial charge in [-0.1, -0.05) is 51.0 Å². The van der Waals surface area contributed by atoms with Gasteiger partial charge in [-0.15, -0.1) is 0 Å². The number of phosphoric ester groups is 3. The molecular weight excluding hydrogens is 843 g/mol. The molecule has 0 radical (unpaired) electrons. The van der Waals surface area contributed by atoms with Crippen molar-refractivity contribution < 1.29 is 80.5 Å². The van der Waals surface area contributed by atoms with Crippen molar-refractivity contribution in [3.05, 3.63) is 24.8 Å². The van der Waals surface area contributed by atoms with Crippen molar-refractivity contribution in [2.24, 2.45) is 5.41 Å². The highest BCUT2D eigenvalue weighted by Gasteiger charge is 2.50. The van der Waals surface area contributed by atoms with Crippen LogP contribution in [-0.4, -0.2) is 123 Å². The number of hydrogen-bond donors (Lipinski definition) is 9. The first-order valence-electron chi connectivity index (χ1n) is 16.8. The molecule has 0 aromatic carbocycles. The summed E-state index contributed by atoms with van der Waals surface area (Å²) in [7, 11) is -16.4. The van der Waals surface area contributed by atoms with Crippen molar-refractivity contribution in [1.82, 2.24) is 30.2 Å². The van der Waals surface area contributed by atoms with Gasteiger partial charge in [0.15, 0.2) is 17.7 Å². The molecule has 57 heavy (non-hydrogen) atoms. The number of amides is 2. The van der Waals surface area contributed by atoms with Crippen LogP contribution in [0.5, 0.6) is 0 Å². The molecule has 2 aromatic rings. The number of rotatable bonds is 21. The summed E-state index contributed by atoms with van der Waals surface area (Å²) in [5.74, 6) is 3.84. The van der Waals surface area contributed by atoms with Crippen LogP contribution >= 0.6 is 35.2 Å². The zero-order chi connectivity index (χ0) is 42.6. The summed E-state index contributed by atoms with van der Waals surface area (Å²) in [5.41, 5.74) is 4.25. The summed E-state index contributed by atoms with van der Waals surface area (Å²) in [6, 6.07) is 0. The number of imidazole rings is 1. The van der Waals surface area contributed by atoms with Crippen LogP contribution in [0.3, 0.4) is 0 Å². The zero-order valence-corrected chi connectivity index (χ0v) is 34.1. The fraction of sp³-hybridized carbons (Fsp3) is 0.586. The Bertz CT molecular complexity index is 1970. The van der Waals surface area contributed by atoms with Gasteiger partial charge in [-0.05, 0) is 18.4 Å². The normalized spacial score (nSPS) is 21.4. The van der Waals surface area contributed by atoms with E-state index in [2.05, 4.69) is 46.3 Å². The van der Waals surface area contributed by atoms with Gasteiger partial charge < -0.3 is 50.9 Å². The third-order valence-electron chi connectivity index (χ3n) is 7.57. The molecule has 3 heterocycles. The van der Waals surface area contributed by atoms with E-state index < -0.39 is 84.6 Å². The third kappa shape index (κ3) is 15.5. The van der Waals surface area contributed by atoms with Crippen molar-refractivity contribution in [2.45, 2.75) is 70.7 Å². The highest BCUT2D eigenvalue weighted by molar-refractivity contribution is 8.14. The van der Waals surface area contributed by atoms with Gasteiger partial charge in [0.1, 0.15) is 36.3 Å². The monoisotopic (exact) mass is 887 g/mol. The smallest absolute Gasteiger partial charge is 0.386 e. The van der Waals surface area contributed by atoms with E-state index in [1.54, 1.807) is 6.08 Å². The Labute approximate surface area is 329 Å². The van der Waals surface area contributed by atoms with Gasteiger partial charge >= 0.3 is 23.5 Å². The number of aromatic nitrogens is 4. The largest absolute Gasteiger partial charge is 0.481 e. The molecular formula is C29H44N7O17P3S. The van der Waals surface area contributed by atoms with E-state index in [1.807, 2.05) is 13.0 Å². The Morgan fingerprint density at radius 2 is 1.81 bits per heavy atom. The quantitative estimate of drug-likeness (QED) is 0.0453. The molecule has 1 aliphatic rings. The predicted molar refractivity (Wildman–Crippen MR) is 199 cm³/mol. The van der Waals surface area contributed by atoms with E-state index in [0.717, 1.165) is 41.8 Å². The molecule has 2 aromatic heterocycles.